The summed E-state index contributed by atoms with van der Waals surface area (Å²) < 4.78 is 5.57. The number of rotatable bonds is 4. The number of ether oxygens (including phenoxy) is 1. The van der Waals surface area contributed by atoms with Gasteiger partial charge in [0.2, 0.25) is 0 Å². The molecular formula is C17H27ClN2O. The lowest BCUT2D eigenvalue weighted by Crippen LogP contribution is -2.45. The molecule has 2 rings (SSSR count). The highest BCUT2D eigenvalue weighted by Gasteiger charge is 2.23. The molecule has 1 aromatic carbocycles. The zero-order valence-electron chi connectivity index (χ0n) is 13.6. The summed E-state index contributed by atoms with van der Waals surface area (Å²) in [6.07, 6.45) is 1.07. The van der Waals surface area contributed by atoms with Crippen LogP contribution in [0.15, 0.2) is 18.2 Å². The first-order valence-electron chi connectivity index (χ1n) is 7.78. The molecule has 1 heterocycles. The summed E-state index contributed by atoms with van der Waals surface area (Å²) in [4.78, 5) is 2.38. The van der Waals surface area contributed by atoms with Crippen LogP contribution in [0.25, 0.3) is 0 Å². The summed E-state index contributed by atoms with van der Waals surface area (Å²) in [6.45, 7) is 12.0. The Labute approximate surface area is 133 Å². The molecular weight excluding hydrogens is 284 g/mol. The van der Waals surface area contributed by atoms with Gasteiger partial charge in [0.25, 0.3) is 0 Å². The van der Waals surface area contributed by atoms with Gasteiger partial charge in [0.05, 0.1) is 30.0 Å². The Morgan fingerprint density at radius 1 is 1.38 bits per heavy atom. The minimum absolute atomic E-state index is 0.114. The number of hydrogen-bond donors (Lipinski definition) is 1. The van der Waals surface area contributed by atoms with Gasteiger partial charge in [-0.15, -0.1) is 0 Å². The summed E-state index contributed by atoms with van der Waals surface area (Å²) in [5, 5.41) is 4.33. The fourth-order valence-corrected chi connectivity index (χ4v) is 2.88. The Balaban J connectivity index is 2.11. The van der Waals surface area contributed by atoms with E-state index in [0.717, 1.165) is 43.4 Å². The summed E-state index contributed by atoms with van der Waals surface area (Å²) in [5.41, 5.74) is 2.47. The molecule has 1 unspecified atom stereocenters. The van der Waals surface area contributed by atoms with Crippen LogP contribution in [0.2, 0.25) is 5.02 Å². The molecule has 1 fully saturated rings. The van der Waals surface area contributed by atoms with Crippen LogP contribution in [0.3, 0.4) is 0 Å². The van der Waals surface area contributed by atoms with Gasteiger partial charge in [-0.25, -0.2) is 0 Å². The number of halogens is 1. The van der Waals surface area contributed by atoms with E-state index < -0.39 is 0 Å². The van der Waals surface area contributed by atoms with Crippen molar-refractivity contribution >= 4 is 17.3 Å². The van der Waals surface area contributed by atoms with Crippen LogP contribution < -0.4 is 10.2 Å². The van der Waals surface area contributed by atoms with Gasteiger partial charge in [0.1, 0.15) is 0 Å². The number of benzene rings is 1. The number of anilines is 1. The Morgan fingerprint density at radius 2 is 2.14 bits per heavy atom. The van der Waals surface area contributed by atoms with Crippen LogP contribution in [-0.2, 0) is 11.3 Å². The molecule has 1 atom stereocenters. The van der Waals surface area contributed by atoms with Crippen LogP contribution in [0, 0.1) is 0 Å². The second kappa shape index (κ2) is 6.99. The Bertz CT molecular complexity index is 470. The fraction of sp³-hybridized carbons (Fsp3) is 0.647. The van der Waals surface area contributed by atoms with Gasteiger partial charge in [-0.2, -0.15) is 0 Å². The average Bonchev–Trinajstić information content (AvgIpc) is 2.44. The Hall–Kier alpha value is -0.770. The van der Waals surface area contributed by atoms with Gasteiger partial charge in [-0.3, -0.25) is 0 Å². The van der Waals surface area contributed by atoms with Crippen molar-refractivity contribution in [3.8, 4) is 0 Å². The van der Waals surface area contributed by atoms with Gasteiger partial charge in [0, 0.05) is 18.6 Å². The normalized spacial score (nSPS) is 19.9. The number of nitrogens with zero attached hydrogens (tertiary/aromatic N) is 1. The van der Waals surface area contributed by atoms with Crippen molar-refractivity contribution in [3.05, 3.63) is 28.8 Å². The largest absolute Gasteiger partial charge is 0.377 e. The molecule has 0 aromatic heterocycles. The van der Waals surface area contributed by atoms with Gasteiger partial charge < -0.3 is 15.0 Å². The lowest BCUT2D eigenvalue weighted by atomic mass is 10.1. The van der Waals surface area contributed by atoms with E-state index in [-0.39, 0.29) is 5.54 Å². The number of hydrogen-bond acceptors (Lipinski definition) is 3. The van der Waals surface area contributed by atoms with Crippen molar-refractivity contribution in [3.63, 3.8) is 0 Å². The molecule has 0 saturated carbocycles. The third-order valence-corrected chi connectivity index (χ3v) is 4.15. The highest BCUT2D eigenvalue weighted by Crippen LogP contribution is 2.30. The first kappa shape index (κ1) is 16.6. The van der Waals surface area contributed by atoms with E-state index in [4.69, 9.17) is 16.3 Å². The molecule has 0 bridgehead atoms. The van der Waals surface area contributed by atoms with Crippen molar-refractivity contribution in [1.82, 2.24) is 5.32 Å². The smallest absolute Gasteiger partial charge is 0.0670 e. The van der Waals surface area contributed by atoms with Crippen LogP contribution in [0.4, 0.5) is 5.69 Å². The van der Waals surface area contributed by atoms with Gasteiger partial charge >= 0.3 is 0 Å². The summed E-state index contributed by atoms with van der Waals surface area (Å²) in [5.74, 6) is 0. The van der Waals surface area contributed by atoms with Crippen LogP contribution in [0.1, 0.15) is 39.7 Å². The maximum Gasteiger partial charge on any atom is 0.0670 e. The predicted octanol–water partition coefficient (Wildman–Crippen LogP) is 3.84. The lowest BCUT2D eigenvalue weighted by molar-refractivity contribution is 0.0930. The molecule has 4 heteroatoms. The maximum atomic E-state index is 6.52. The summed E-state index contributed by atoms with van der Waals surface area (Å²) in [6, 6.07) is 6.82. The van der Waals surface area contributed by atoms with E-state index in [1.165, 1.54) is 5.56 Å². The third-order valence-electron chi connectivity index (χ3n) is 3.84. The first-order chi connectivity index (χ1) is 9.90. The molecule has 1 aromatic rings. The molecule has 0 aliphatic carbocycles. The summed E-state index contributed by atoms with van der Waals surface area (Å²) in [7, 11) is 0. The highest BCUT2D eigenvalue weighted by atomic mass is 35.5. The Morgan fingerprint density at radius 3 is 2.76 bits per heavy atom. The van der Waals surface area contributed by atoms with Gasteiger partial charge in [-0.1, -0.05) is 24.6 Å². The van der Waals surface area contributed by atoms with Gasteiger partial charge in [-0.05, 0) is 44.9 Å². The zero-order valence-corrected chi connectivity index (χ0v) is 14.3. The highest BCUT2D eigenvalue weighted by molar-refractivity contribution is 6.33. The number of nitrogens with one attached hydrogen (secondary N) is 1. The molecule has 21 heavy (non-hydrogen) atoms. The van der Waals surface area contributed by atoms with Crippen LogP contribution in [-0.4, -0.2) is 31.3 Å². The van der Waals surface area contributed by atoms with E-state index in [1.807, 2.05) is 0 Å². The predicted molar refractivity (Wildman–Crippen MR) is 90.3 cm³/mol. The molecule has 1 aliphatic rings. The van der Waals surface area contributed by atoms with Gasteiger partial charge in [0.15, 0.2) is 0 Å². The van der Waals surface area contributed by atoms with E-state index in [9.17, 15) is 0 Å². The second-order valence-electron chi connectivity index (χ2n) is 6.72. The summed E-state index contributed by atoms with van der Waals surface area (Å²) >= 11 is 6.52. The minimum atomic E-state index is 0.114. The van der Waals surface area contributed by atoms with Crippen LogP contribution >= 0.6 is 11.6 Å². The van der Waals surface area contributed by atoms with E-state index in [2.05, 4.69) is 56.1 Å². The molecule has 0 spiro atoms. The molecule has 3 nitrogen and oxygen atoms in total. The minimum Gasteiger partial charge on any atom is -0.377 e. The van der Waals surface area contributed by atoms with Crippen molar-refractivity contribution in [1.29, 1.82) is 0 Å². The molecule has 1 aliphatic heterocycles. The maximum absolute atomic E-state index is 6.52. The van der Waals surface area contributed by atoms with E-state index in [1.54, 1.807) is 0 Å². The van der Waals surface area contributed by atoms with Crippen molar-refractivity contribution in [2.24, 2.45) is 0 Å². The average molecular weight is 311 g/mol. The monoisotopic (exact) mass is 310 g/mol. The van der Waals surface area contributed by atoms with Crippen molar-refractivity contribution < 1.29 is 4.74 Å². The fourth-order valence-electron chi connectivity index (χ4n) is 2.57. The second-order valence-corrected chi connectivity index (χ2v) is 7.13. The standard InChI is InChI=1S/C17H27ClN2O/c1-5-14-12-21-9-8-20(14)16-7-6-13(10-15(16)18)11-19-17(2,3)4/h6-7,10,14,19H,5,8-9,11-12H2,1-4H3. The SMILES string of the molecule is CCC1COCCN1c1ccc(CNC(C)(C)C)cc1Cl. The molecule has 0 radical (unpaired) electrons. The third kappa shape index (κ3) is 4.60. The molecule has 118 valence electrons. The Kier molecular flexibility index (Phi) is 5.53. The van der Waals surface area contributed by atoms with E-state index in [0.29, 0.717) is 6.04 Å². The quantitative estimate of drug-likeness (QED) is 0.914. The number of morpholine rings is 1. The van der Waals surface area contributed by atoms with Crippen molar-refractivity contribution in [2.45, 2.75) is 52.2 Å². The topological polar surface area (TPSA) is 24.5 Å². The van der Waals surface area contributed by atoms with Crippen molar-refractivity contribution in [2.75, 3.05) is 24.7 Å². The molecule has 0 amide bonds. The van der Waals surface area contributed by atoms with Crippen LogP contribution in [0.5, 0.6) is 0 Å². The first-order valence-corrected chi connectivity index (χ1v) is 8.16. The lowest BCUT2D eigenvalue weighted by Gasteiger charge is -2.37. The molecule has 1 N–H and O–H groups in total. The molecule has 1 saturated heterocycles. The van der Waals surface area contributed by atoms with E-state index >= 15 is 0 Å². The zero-order chi connectivity index (χ0) is 15.5.